The maximum absolute atomic E-state index is 12.0. The van der Waals surface area contributed by atoms with E-state index in [2.05, 4.69) is 21.2 Å². The van der Waals surface area contributed by atoms with Crippen molar-refractivity contribution in [1.29, 1.82) is 0 Å². The molecule has 0 unspecified atom stereocenters. The van der Waals surface area contributed by atoms with Gasteiger partial charge in [-0.1, -0.05) is 15.9 Å². The van der Waals surface area contributed by atoms with E-state index in [0.717, 1.165) is 9.86 Å². The summed E-state index contributed by atoms with van der Waals surface area (Å²) < 4.78 is 6.35. The van der Waals surface area contributed by atoms with Gasteiger partial charge in [0.2, 0.25) is 0 Å². The lowest BCUT2D eigenvalue weighted by atomic mass is 10.1. The Bertz CT molecular complexity index is 702. The van der Waals surface area contributed by atoms with Crippen LogP contribution in [0.1, 0.15) is 23.4 Å². The summed E-state index contributed by atoms with van der Waals surface area (Å²) >= 11 is 3.35. The van der Waals surface area contributed by atoms with Crippen LogP contribution in [0.15, 0.2) is 33.2 Å². The maximum Gasteiger partial charge on any atom is 0.311 e. The summed E-state index contributed by atoms with van der Waals surface area (Å²) in [6.07, 6.45) is 1.21. The molecule has 1 aliphatic carbocycles. The summed E-state index contributed by atoms with van der Waals surface area (Å²) in [6, 6.07) is 7.11. The first kappa shape index (κ1) is 13.2. The number of hydrogen-bond acceptors (Lipinski definition) is 3. The lowest BCUT2D eigenvalue weighted by molar-refractivity contribution is -0.143. The van der Waals surface area contributed by atoms with Crippen molar-refractivity contribution in [3.8, 4) is 0 Å². The van der Waals surface area contributed by atoms with Gasteiger partial charge >= 0.3 is 5.97 Å². The number of nitrogens with one attached hydrogen (secondary N) is 1. The van der Waals surface area contributed by atoms with E-state index in [1.165, 1.54) is 0 Å². The van der Waals surface area contributed by atoms with Gasteiger partial charge in [-0.3, -0.25) is 9.59 Å². The quantitative estimate of drug-likeness (QED) is 0.898. The Morgan fingerprint density at radius 1 is 1.35 bits per heavy atom. The van der Waals surface area contributed by atoms with Crippen molar-refractivity contribution in [2.24, 2.45) is 5.41 Å². The molecule has 1 amide bonds. The van der Waals surface area contributed by atoms with E-state index in [0.29, 0.717) is 18.4 Å². The molecule has 2 N–H and O–H groups in total. The molecular formula is C14H12BrNO4. The summed E-state index contributed by atoms with van der Waals surface area (Å²) in [5.74, 6) is -1.05. The van der Waals surface area contributed by atoms with E-state index < -0.39 is 11.4 Å². The number of rotatable bonds is 4. The smallest absolute Gasteiger partial charge is 0.311 e. The second-order valence-corrected chi connectivity index (χ2v) is 5.98. The van der Waals surface area contributed by atoms with Crippen molar-refractivity contribution in [3.63, 3.8) is 0 Å². The highest BCUT2D eigenvalue weighted by Gasteiger charge is 2.50. The monoisotopic (exact) mass is 337 g/mol. The standard InChI is InChI=1S/C14H12BrNO4/c15-9-1-2-10-8(5-9)6-11(20-10)12(17)16-7-14(3-4-14)13(18)19/h1-2,5-6H,3-4,7H2,(H,16,17)(H,18,19). The Balaban J connectivity index is 1.74. The summed E-state index contributed by atoms with van der Waals surface area (Å²) in [6.45, 7) is 0.141. The summed E-state index contributed by atoms with van der Waals surface area (Å²) in [5.41, 5.74) is -0.150. The maximum atomic E-state index is 12.0. The highest BCUT2D eigenvalue weighted by molar-refractivity contribution is 9.10. The fourth-order valence-corrected chi connectivity index (χ4v) is 2.46. The van der Waals surface area contributed by atoms with Crippen LogP contribution in [0.4, 0.5) is 0 Å². The van der Waals surface area contributed by atoms with Crippen LogP contribution in [0.3, 0.4) is 0 Å². The molecule has 5 nitrogen and oxygen atoms in total. The van der Waals surface area contributed by atoms with Gasteiger partial charge in [-0.2, -0.15) is 0 Å². The van der Waals surface area contributed by atoms with Crippen LogP contribution < -0.4 is 5.32 Å². The average molecular weight is 338 g/mol. The minimum absolute atomic E-state index is 0.141. The first-order valence-corrected chi connectivity index (χ1v) is 7.00. The lowest BCUT2D eigenvalue weighted by Gasteiger charge is -2.09. The molecule has 0 bridgehead atoms. The molecule has 1 aliphatic rings. The van der Waals surface area contributed by atoms with Crippen molar-refractivity contribution >= 4 is 38.8 Å². The van der Waals surface area contributed by atoms with Crippen LogP contribution >= 0.6 is 15.9 Å². The average Bonchev–Trinajstić information content (AvgIpc) is 3.09. The number of carboxylic acids is 1. The van der Waals surface area contributed by atoms with Crippen molar-refractivity contribution in [2.75, 3.05) is 6.54 Å². The zero-order valence-electron chi connectivity index (χ0n) is 10.5. The molecule has 1 aromatic carbocycles. The van der Waals surface area contributed by atoms with Gasteiger partial charge in [0.05, 0.1) is 5.41 Å². The molecule has 20 heavy (non-hydrogen) atoms. The molecule has 1 heterocycles. The molecule has 1 fully saturated rings. The molecule has 0 radical (unpaired) electrons. The van der Waals surface area contributed by atoms with E-state index in [-0.39, 0.29) is 18.2 Å². The molecule has 6 heteroatoms. The lowest BCUT2D eigenvalue weighted by Crippen LogP contribution is -2.34. The molecule has 3 rings (SSSR count). The Morgan fingerprint density at radius 3 is 2.75 bits per heavy atom. The molecule has 0 aliphatic heterocycles. The van der Waals surface area contributed by atoms with Gasteiger partial charge in [-0.15, -0.1) is 0 Å². The predicted molar refractivity (Wildman–Crippen MR) is 75.6 cm³/mol. The molecule has 0 saturated heterocycles. The third-order valence-corrected chi connectivity index (χ3v) is 4.09. The van der Waals surface area contributed by atoms with Crippen molar-refractivity contribution in [2.45, 2.75) is 12.8 Å². The molecule has 104 valence electrons. The van der Waals surface area contributed by atoms with E-state index in [9.17, 15) is 9.59 Å². The normalized spacial score (nSPS) is 16.1. The number of aliphatic carboxylic acids is 1. The van der Waals surface area contributed by atoms with Crippen LogP contribution in [0, 0.1) is 5.41 Å². The minimum atomic E-state index is -0.855. The number of fused-ring (bicyclic) bond motifs is 1. The van der Waals surface area contributed by atoms with Crippen LogP contribution in [-0.2, 0) is 4.79 Å². The Kier molecular flexibility index (Phi) is 3.05. The van der Waals surface area contributed by atoms with Crippen LogP contribution in [0.2, 0.25) is 0 Å². The molecule has 0 spiro atoms. The minimum Gasteiger partial charge on any atom is -0.481 e. The van der Waals surface area contributed by atoms with Gasteiger partial charge in [0.25, 0.3) is 5.91 Å². The number of carbonyl (C=O) groups excluding carboxylic acids is 1. The number of carboxylic acid groups (broad SMARTS) is 1. The van der Waals surface area contributed by atoms with E-state index in [1.54, 1.807) is 12.1 Å². The topological polar surface area (TPSA) is 79.5 Å². The summed E-state index contributed by atoms with van der Waals surface area (Å²) in [4.78, 5) is 23.0. The molecule has 1 aromatic heterocycles. The van der Waals surface area contributed by atoms with Crippen molar-refractivity contribution < 1.29 is 19.1 Å². The third kappa shape index (κ3) is 2.31. The zero-order chi connectivity index (χ0) is 14.3. The molecular weight excluding hydrogens is 326 g/mol. The number of hydrogen-bond donors (Lipinski definition) is 2. The largest absolute Gasteiger partial charge is 0.481 e. The fraction of sp³-hybridized carbons (Fsp3) is 0.286. The van der Waals surface area contributed by atoms with Crippen molar-refractivity contribution in [3.05, 3.63) is 34.5 Å². The van der Waals surface area contributed by atoms with Crippen LogP contribution in [0.25, 0.3) is 11.0 Å². The third-order valence-electron chi connectivity index (χ3n) is 3.60. The molecule has 2 aromatic rings. The summed E-state index contributed by atoms with van der Waals surface area (Å²) in [7, 11) is 0. The van der Waals surface area contributed by atoms with E-state index in [4.69, 9.17) is 9.52 Å². The SMILES string of the molecule is O=C(NCC1(C(=O)O)CC1)c1cc2cc(Br)ccc2o1. The number of carbonyl (C=O) groups is 2. The van der Waals surface area contributed by atoms with Gasteiger partial charge in [0.15, 0.2) is 5.76 Å². The first-order valence-electron chi connectivity index (χ1n) is 6.21. The van der Waals surface area contributed by atoms with Gasteiger partial charge in [0, 0.05) is 16.4 Å². The number of furan rings is 1. The second kappa shape index (κ2) is 4.63. The van der Waals surface area contributed by atoms with E-state index in [1.807, 2.05) is 12.1 Å². The van der Waals surface area contributed by atoms with Crippen LogP contribution in [0.5, 0.6) is 0 Å². The summed E-state index contributed by atoms with van der Waals surface area (Å²) in [5, 5.41) is 12.5. The Labute approximate surface area is 123 Å². The first-order chi connectivity index (χ1) is 9.50. The number of halogens is 1. The van der Waals surface area contributed by atoms with Gasteiger partial charge in [-0.05, 0) is 37.1 Å². The number of benzene rings is 1. The second-order valence-electron chi connectivity index (χ2n) is 5.06. The van der Waals surface area contributed by atoms with E-state index >= 15 is 0 Å². The Hall–Kier alpha value is -1.82. The van der Waals surface area contributed by atoms with Crippen LogP contribution in [-0.4, -0.2) is 23.5 Å². The molecule has 0 atom stereocenters. The Morgan fingerprint density at radius 2 is 2.10 bits per heavy atom. The van der Waals surface area contributed by atoms with Gasteiger partial charge in [-0.25, -0.2) is 0 Å². The highest BCUT2D eigenvalue weighted by atomic mass is 79.9. The zero-order valence-corrected chi connectivity index (χ0v) is 12.1. The molecule has 1 saturated carbocycles. The van der Waals surface area contributed by atoms with Crippen molar-refractivity contribution in [1.82, 2.24) is 5.32 Å². The predicted octanol–water partition coefficient (Wildman–Crippen LogP) is 2.79. The van der Waals surface area contributed by atoms with Gasteiger partial charge < -0.3 is 14.8 Å². The highest BCUT2D eigenvalue weighted by Crippen LogP contribution is 2.45. The van der Waals surface area contributed by atoms with Gasteiger partial charge in [0.1, 0.15) is 5.58 Å². The number of amides is 1. The fourth-order valence-electron chi connectivity index (χ4n) is 2.08.